The fourth-order valence-electron chi connectivity index (χ4n) is 2.74. The van der Waals surface area contributed by atoms with Gasteiger partial charge in [-0.3, -0.25) is 19.3 Å². The molecule has 3 rings (SSSR count). The summed E-state index contributed by atoms with van der Waals surface area (Å²) in [5.74, 6) is -2.48. The summed E-state index contributed by atoms with van der Waals surface area (Å²) in [6.07, 6.45) is -1.18. The van der Waals surface area contributed by atoms with Gasteiger partial charge in [0.1, 0.15) is 21.7 Å². The zero-order valence-corrected chi connectivity index (χ0v) is 16.2. The molecule has 2 fully saturated rings. The molecule has 3 aliphatic heterocycles. The van der Waals surface area contributed by atoms with Crippen molar-refractivity contribution in [1.82, 2.24) is 10.2 Å². The predicted molar refractivity (Wildman–Crippen MR) is 96.1 cm³/mol. The zero-order valence-electron chi connectivity index (χ0n) is 13.8. The number of methoxy groups -OCH3 is 1. The van der Waals surface area contributed by atoms with Crippen molar-refractivity contribution in [2.45, 2.75) is 29.2 Å². The van der Waals surface area contributed by atoms with E-state index in [1.807, 2.05) is 0 Å². The number of thioether (sulfide) groups is 3. The number of hydrogen-bond donors (Lipinski definition) is 2. The number of nitrogens with zero attached hydrogens (tertiary/aromatic N) is 1. The maximum atomic E-state index is 12.5. The highest BCUT2D eigenvalue weighted by atomic mass is 32.3. The minimum atomic E-state index is -1.32. The summed E-state index contributed by atoms with van der Waals surface area (Å²) in [4.78, 5) is 48.6. The van der Waals surface area contributed by atoms with Gasteiger partial charge in [0.05, 0.1) is 0 Å². The lowest BCUT2D eigenvalue weighted by atomic mass is 10.0. The SMILES string of the molecule is COC(OC(C)=O)C1=C(C(=O)O)N2C(=O)[C@H](NC(=O)C3SCS3)[C@H]2SC1. The molecule has 0 bridgehead atoms. The third-order valence-electron chi connectivity index (χ3n) is 3.92. The number of hydrogen-bond acceptors (Lipinski definition) is 9. The summed E-state index contributed by atoms with van der Waals surface area (Å²) in [5, 5.41) is 12.6. The number of carboxylic acid groups (broad SMARTS) is 1. The summed E-state index contributed by atoms with van der Waals surface area (Å²) < 4.78 is 9.85. The van der Waals surface area contributed by atoms with Gasteiger partial charge in [-0.05, 0) is 0 Å². The molecular weight excluding hydrogens is 404 g/mol. The number of nitrogens with one attached hydrogen (secondary N) is 1. The van der Waals surface area contributed by atoms with Gasteiger partial charge >= 0.3 is 11.9 Å². The molecular formula is C14H16N2O7S3. The van der Waals surface area contributed by atoms with Crippen LogP contribution >= 0.6 is 35.3 Å². The lowest BCUT2D eigenvalue weighted by molar-refractivity contribution is -0.165. The Balaban J connectivity index is 1.80. The van der Waals surface area contributed by atoms with Gasteiger partial charge in [0.2, 0.25) is 12.2 Å². The molecule has 0 radical (unpaired) electrons. The summed E-state index contributed by atoms with van der Waals surface area (Å²) >= 11 is 4.27. The van der Waals surface area contributed by atoms with E-state index < -0.39 is 35.6 Å². The molecule has 0 aliphatic carbocycles. The fourth-order valence-corrected chi connectivity index (χ4v) is 5.63. The lowest BCUT2D eigenvalue weighted by Crippen LogP contribution is -2.71. The molecule has 12 heteroatoms. The van der Waals surface area contributed by atoms with E-state index in [2.05, 4.69) is 5.32 Å². The van der Waals surface area contributed by atoms with Crippen LogP contribution in [0.2, 0.25) is 0 Å². The topological polar surface area (TPSA) is 122 Å². The maximum absolute atomic E-state index is 12.5. The third kappa shape index (κ3) is 3.42. The molecule has 0 aromatic carbocycles. The van der Waals surface area contributed by atoms with Gasteiger partial charge in [-0.2, -0.15) is 0 Å². The third-order valence-corrected chi connectivity index (χ3v) is 8.16. The van der Waals surface area contributed by atoms with Crippen molar-refractivity contribution in [3.8, 4) is 0 Å². The van der Waals surface area contributed by atoms with E-state index in [1.165, 1.54) is 49.3 Å². The van der Waals surface area contributed by atoms with Crippen LogP contribution in [0.1, 0.15) is 6.92 Å². The van der Waals surface area contributed by atoms with Gasteiger partial charge in [0, 0.05) is 30.4 Å². The van der Waals surface area contributed by atoms with Crippen LogP contribution < -0.4 is 5.32 Å². The van der Waals surface area contributed by atoms with Gasteiger partial charge in [-0.25, -0.2) is 4.79 Å². The fraction of sp³-hybridized carbons (Fsp3) is 0.571. The molecule has 142 valence electrons. The van der Waals surface area contributed by atoms with Crippen LogP contribution in [0.15, 0.2) is 11.3 Å². The van der Waals surface area contributed by atoms with Crippen molar-refractivity contribution in [2.75, 3.05) is 17.9 Å². The number of carbonyl (C=O) groups is 4. The van der Waals surface area contributed by atoms with Crippen LogP contribution in [-0.2, 0) is 28.7 Å². The Hall–Kier alpha value is -1.37. The van der Waals surface area contributed by atoms with E-state index in [0.29, 0.717) is 0 Å². The molecule has 0 aromatic heterocycles. The number of carboxylic acids is 1. The van der Waals surface area contributed by atoms with Crippen molar-refractivity contribution < 1.29 is 33.8 Å². The highest BCUT2D eigenvalue weighted by Gasteiger charge is 2.55. The van der Waals surface area contributed by atoms with E-state index in [-0.39, 0.29) is 27.5 Å². The second-order valence-electron chi connectivity index (χ2n) is 5.54. The molecule has 2 N–H and O–H groups in total. The molecule has 3 heterocycles. The van der Waals surface area contributed by atoms with Crippen LogP contribution in [0, 0.1) is 0 Å². The van der Waals surface area contributed by atoms with Crippen molar-refractivity contribution in [2.24, 2.45) is 0 Å². The summed E-state index contributed by atoms with van der Waals surface area (Å²) in [5.41, 5.74) is -0.0653. The number of esters is 1. The van der Waals surface area contributed by atoms with Gasteiger partial charge < -0.3 is 19.9 Å². The predicted octanol–water partition coefficient (Wildman–Crippen LogP) is 0.0242. The minimum absolute atomic E-state index is 0.194. The number of rotatable bonds is 6. The van der Waals surface area contributed by atoms with Crippen LogP contribution in [-0.4, -0.2) is 74.0 Å². The van der Waals surface area contributed by atoms with Crippen LogP contribution in [0.3, 0.4) is 0 Å². The van der Waals surface area contributed by atoms with Gasteiger partial charge in [-0.1, -0.05) is 0 Å². The first-order chi connectivity index (χ1) is 12.3. The van der Waals surface area contributed by atoms with Gasteiger partial charge in [0.15, 0.2) is 0 Å². The van der Waals surface area contributed by atoms with Crippen LogP contribution in [0.4, 0.5) is 0 Å². The Morgan fingerprint density at radius 2 is 2.00 bits per heavy atom. The van der Waals surface area contributed by atoms with Gasteiger partial charge in [-0.15, -0.1) is 35.3 Å². The highest BCUT2D eigenvalue weighted by molar-refractivity contribution is 8.33. The van der Waals surface area contributed by atoms with Crippen molar-refractivity contribution >= 4 is 59.0 Å². The van der Waals surface area contributed by atoms with Crippen molar-refractivity contribution in [1.29, 1.82) is 0 Å². The number of ether oxygens (including phenoxy) is 2. The number of fused-ring (bicyclic) bond motifs is 1. The summed E-state index contributed by atoms with van der Waals surface area (Å²) in [7, 11) is 1.28. The first-order valence-electron chi connectivity index (χ1n) is 7.49. The number of carbonyl (C=O) groups excluding carboxylic acids is 3. The largest absolute Gasteiger partial charge is 0.477 e. The second kappa shape index (κ2) is 7.71. The smallest absolute Gasteiger partial charge is 0.352 e. The van der Waals surface area contributed by atoms with E-state index in [1.54, 1.807) is 0 Å². The van der Waals surface area contributed by atoms with Crippen LogP contribution in [0.25, 0.3) is 0 Å². The van der Waals surface area contributed by atoms with E-state index in [4.69, 9.17) is 9.47 Å². The Kier molecular flexibility index (Phi) is 5.75. The maximum Gasteiger partial charge on any atom is 0.352 e. The quantitative estimate of drug-likeness (QED) is 0.345. The number of β-lactam (4-membered cyclic amide) rings is 1. The standard InChI is InChI=1S/C14H16N2O7S3/c1-5(17)23-13(22-2)6-3-24-11-7(15-9(18)14-25-4-26-14)10(19)16(11)8(6)12(20)21/h7,11,13-14H,3-4H2,1-2H3,(H,15,18)(H,20,21)/t7-,11+,13?/m0/s1. The average molecular weight is 420 g/mol. The van der Waals surface area contributed by atoms with Crippen molar-refractivity contribution in [3.63, 3.8) is 0 Å². The molecule has 9 nitrogen and oxygen atoms in total. The molecule has 1 unspecified atom stereocenters. The normalized spacial score (nSPS) is 26.4. The molecule has 3 atom stereocenters. The first-order valence-corrected chi connectivity index (χ1v) is 10.6. The minimum Gasteiger partial charge on any atom is -0.477 e. The Labute approximate surface area is 161 Å². The van der Waals surface area contributed by atoms with E-state index in [9.17, 15) is 24.3 Å². The molecule has 26 heavy (non-hydrogen) atoms. The van der Waals surface area contributed by atoms with Crippen LogP contribution in [0.5, 0.6) is 0 Å². The Morgan fingerprint density at radius 1 is 1.31 bits per heavy atom. The molecule has 3 aliphatic rings. The Bertz CT molecular complexity index is 694. The van der Waals surface area contributed by atoms with E-state index in [0.717, 1.165) is 9.98 Å². The monoisotopic (exact) mass is 420 g/mol. The molecule has 0 aromatic rings. The molecule has 0 saturated carbocycles. The highest BCUT2D eigenvalue weighted by Crippen LogP contribution is 2.43. The summed E-state index contributed by atoms with van der Waals surface area (Å²) in [6.45, 7) is 1.18. The average Bonchev–Trinajstić information content (AvgIpc) is 2.54. The van der Waals surface area contributed by atoms with Gasteiger partial charge in [0.25, 0.3) is 5.91 Å². The Morgan fingerprint density at radius 3 is 2.50 bits per heavy atom. The molecule has 2 saturated heterocycles. The molecule has 0 spiro atoms. The first kappa shape index (κ1) is 19.4. The lowest BCUT2D eigenvalue weighted by Gasteiger charge is -2.50. The zero-order chi connectivity index (χ0) is 19.0. The number of amides is 2. The number of aliphatic carboxylic acids is 1. The van der Waals surface area contributed by atoms with E-state index >= 15 is 0 Å². The van der Waals surface area contributed by atoms with Crippen molar-refractivity contribution in [3.05, 3.63) is 11.3 Å². The molecule has 2 amide bonds. The second-order valence-corrected chi connectivity index (χ2v) is 9.49. The summed E-state index contributed by atoms with van der Waals surface area (Å²) in [6, 6.07) is -0.764.